The Balaban J connectivity index is 3.33. The summed E-state index contributed by atoms with van der Waals surface area (Å²) in [4.78, 5) is 0. The highest BCUT2D eigenvalue weighted by atomic mass is 19.2. The highest BCUT2D eigenvalue weighted by Gasteiger charge is 2.07. The van der Waals surface area contributed by atoms with Crippen LogP contribution in [0.2, 0.25) is 0 Å². The largest absolute Gasteiger partial charge is 0.508 e. The van der Waals surface area contributed by atoms with Crippen LogP contribution in [-0.2, 0) is 0 Å². The van der Waals surface area contributed by atoms with Gasteiger partial charge < -0.3 is 5.11 Å². The lowest BCUT2D eigenvalue weighted by atomic mass is 10.1. The van der Waals surface area contributed by atoms with E-state index in [0.29, 0.717) is 5.56 Å². The topological polar surface area (TPSA) is 20.2 Å². The van der Waals surface area contributed by atoms with Crippen LogP contribution in [0.5, 0.6) is 0 Å². The van der Waals surface area contributed by atoms with Gasteiger partial charge in [-0.2, -0.15) is 0 Å². The number of aliphatic hydroxyl groups excluding tert-OH is 1. The molecule has 12 heavy (non-hydrogen) atoms. The van der Waals surface area contributed by atoms with Crippen LogP contribution in [0, 0.1) is 18.6 Å². The van der Waals surface area contributed by atoms with Gasteiger partial charge in [0.05, 0.1) is 0 Å². The number of hydrogen-bond donors (Lipinski definition) is 1. The van der Waals surface area contributed by atoms with E-state index < -0.39 is 11.6 Å². The van der Waals surface area contributed by atoms with Crippen molar-refractivity contribution in [1.29, 1.82) is 0 Å². The lowest BCUT2D eigenvalue weighted by Crippen LogP contribution is -1.92. The maximum Gasteiger partial charge on any atom is 0.159 e. The van der Waals surface area contributed by atoms with E-state index in [1.54, 1.807) is 6.92 Å². The molecule has 0 radical (unpaired) electrons. The normalized spacial score (nSPS) is 9.92. The van der Waals surface area contributed by atoms with Crippen LogP contribution in [-0.4, -0.2) is 5.11 Å². The Labute approximate surface area is 69.0 Å². The molecule has 1 aromatic rings. The third kappa shape index (κ3) is 1.44. The summed E-state index contributed by atoms with van der Waals surface area (Å²) in [5.41, 5.74) is 0.690. The van der Waals surface area contributed by atoms with Crippen molar-refractivity contribution in [3.63, 3.8) is 0 Å². The van der Waals surface area contributed by atoms with Gasteiger partial charge in [0.25, 0.3) is 0 Å². The van der Waals surface area contributed by atoms with E-state index in [4.69, 9.17) is 5.11 Å². The van der Waals surface area contributed by atoms with Crippen LogP contribution in [0.3, 0.4) is 0 Å². The molecule has 64 valence electrons. The third-order valence-electron chi connectivity index (χ3n) is 1.58. The summed E-state index contributed by atoms with van der Waals surface area (Å²) in [6.07, 6.45) is 0. The highest BCUT2D eigenvalue weighted by Crippen LogP contribution is 2.18. The minimum absolute atomic E-state index is 0.230. The second-order valence-corrected chi connectivity index (χ2v) is 2.53. The first kappa shape index (κ1) is 8.71. The number of hydrogen-bond acceptors (Lipinski definition) is 1. The van der Waals surface area contributed by atoms with Crippen molar-refractivity contribution in [2.24, 2.45) is 0 Å². The third-order valence-corrected chi connectivity index (χ3v) is 1.58. The smallest absolute Gasteiger partial charge is 0.159 e. The number of benzene rings is 1. The van der Waals surface area contributed by atoms with E-state index >= 15 is 0 Å². The van der Waals surface area contributed by atoms with Crippen molar-refractivity contribution < 1.29 is 13.9 Å². The van der Waals surface area contributed by atoms with E-state index in [2.05, 4.69) is 6.58 Å². The standard InChI is InChI=1S/C9H8F2O/c1-5-3-8(10)9(11)4-7(5)6(2)12/h3-4,12H,2H2,1H3. The van der Waals surface area contributed by atoms with Crippen LogP contribution in [0.1, 0.15) is 11.1 Å². The maximum atomic E-state index is 12.6. The molecule has 0 heterocycles. The number of halogens is 2. The minimum atomic E-state index is -0.981. The van der Waals surface area contributed by atoms with Gasteiger partial charge in [0.2, 0.25) is 0 Å². The zero-order valence-electron chi connectivity index (χ0n) is 6.56. The molecule has 0 aromatic heterocycles. The summed E-state index contributed by atoms with van der Waals surface area (Å²) in [5.74, 6) is -2.16. The summed E-state index contributed by atoms with van der Waals surface area (Å²) in [7, 11) is 0. The molecular weight excluding hydrogens is 162 g/mol. The van der Waals surface area contributed by atoms with Crippen molar-refractivity contribution in [3.05, 3.63) is 41.5 Å². The predicted molar refractivity (Wildman–Crippen MR) is 42.8 cm³/mol. The first-order valence-corrected chi connectivity index (χ1v) is 3.36. The molecule has 0 amide bonds. The van der Waals surface area contributed by atoms with Crippen LogP contribution in [0.15, 0.2) is 18.7 Å². The fraction of sp³-hybridized carbons (Fsp3) is 0.111. The zero-order valence-corrected chi connectivity index (χ0v) is 6.56. The molecule has 0 atom stereocenters. The molecule has 1 nitrogen and oxygen atoms in total. The summed E-state index contributed by atoms with van der Waals surface area (Å²) < 4.78 is 25.1. The number of aliphatic hydroxyl groups is 1. The van der Waals surface area contributed by atoms with E-state index in [-0.39, 0.29) is 11.3 Å². The molecule has 1 aromatic carbocycles. The molecule has 0 saturated heterocycles. The Bertz CT molecular complexity index is 332. The van der Waals surface area contributed by atoms with Crippen molar-refractivity contribution >= 4 is 5.76 Å². The second-order valence-electron chi connectivity index (χ2n) is 2.53. The molecule has 0 spiro atoms. The first-order valence-electron chi connectivity index (χ1n) is 3.36. The van der Waals surface area contributed by atoms with Gasteiger partial charge in [-0.3, -0.25) is 0 Å². The van der Waals surface area contributed by atoms with Crippen LogP contribution in [0.25, 0.3) is 5.76 Å². The summed E-state index contributed by atoms with van der Waals surface area (Å²) >= 11 is 0. The van der Waals surface area contributed by atoms with Gasteiger partial charge in [-0.15, -0.1) is 0 Å². The molecule has 0 unspecified atom stereocenters. The fourth-order valence-corrected chi connectivity index (χ4v) is 0.957. The van der Waals surface area contributed by atoms with Crippen molar-refractivity contribution in [2.45, 2.75) is 6.92 Å². The molecule has 0 fully saturated rings. The van der Waals surface area contributed by atoms with Crippen molar-refractivity contribution in [3.8, 4) is 0 Å². The first-order chi connectivity index (χ1) is 5.52. The maximum absolute atomic E-state index is 12.6. The van der Waals surface area contributed by atoms with E-state index in [1.165, 1.54) is 0 Å². The van der Waals surface area contributed by atoms with Crippen LogP contribution >= 0.6 is 0 Å². The molecular formula is C9H8F2O. The lowest BCUT2D eigenvalue weighted by Gasteiger charge is -2.03. The summed E-state index contributed by atoms with van der Waals surface area (Å²) in [5, 5.41) is 8.94. The summed E-state index contributed by atoms with van der Waals surface area (Å²) in [6.45, 7) is 4.79. The minimum Gasteiger partial charge on any atom is -0.508 e. The fourth-order valence-electron chi connectivity index (χ4n) is 0.957. The Morgan fingerprint density at radius 3 is 2.33 bits per heavy atom. The van der Waals surface area contributed by atoms with Gasteiger partial charge in [0, 0.05) is 5.56 Å². The Morgan fingerprint density at radius 2 is 1.83 bits per heavy atom. The average molecular weight is 170 g/mol. The molecule has 1 N–H and O–H groups in total. The van der Waals surface area contributed by atoms with Crippen LogP contribution < -0.4 is 0 Å². The van der Waals surface area contributed by atoms with E-state index in [9.17, 15) is 8.78 Å². The molecule has 3 heteroatoms. The molecule has 0 aliphatic heterocycles. The SMILES string of the molecule is C=C(O)c1cc(F)c(F)cc1C. The van der Waals surface area contributed by atoms with Crippen molar-refractivity contribution in [2.75, 3.05) is 0 Å². The number of rotatable bonds is 1. The molecule has 0 aliphatic rings. The summed E-state index contributed by atoms with van der Waals surface area (Å²) in [6, 6.07) is 1.94. The van der Waals surface area contributed by atoms with Crippen molar-refractivity contribution in [1.82, 2.24) is 0 Å². The molecule has 0 aliphatic carbocycles. The monoisotopic (exact) mass is 170 g/mol. The van der Waals surface area contributed by atoms with Gasteiger partial charge in [-0.1, -0.05) is 6.58 Å². The lowest BCUT2D eigenvalue weighted by molar-refractivity contribution is 0.497. The predicted octanol–water partition coefficient (Wildman–Crippen LogP) is 2.80. The highest BCUT2D eigenvalue weighted by molar-refractivity contribution is 5.59. The second kappa shape index (κ2) is 2.93. The molecule has 1 rings (SSSR count). The Morgan fingerprint density at radius 1 is 1.33 bits per heavy atom. The number of aryl methyl sites for hydroxylation is 1. The van der Waals surface area contributed by atoms with E-state index in [0.717, 1.165) is 12.1 Å². The van der Waals surface area contributed by atoms with Gasteiger partial charge in [0.1, 0.15) is 5.76 Å². The van der Waals surface area contributed by atoms with Gasteiger partial charge in [-0.25, -0.2) is 8.78 Å². The molecule has 0 saturated carbocycles. The van der Waals surface area contributed by atoms with Crippen LogP contribution in [0.4, 0.5) is 8.78 Å². The average Bonchev–Trinajstić information content (AvgIpc) is 1.96. The Kier molecular flexibility index (Phi) is 2.13. The van der Waals surface area contributed by atoms with Gasteiger partial charge in [-0.05, 0) is 24.6 Å². The zero-order chi connectivity index (χ0) is 9.30. The Hall–Kier alpha value is -1.38. The van der Waals surface area contributed by atoms with Gasteiger partial charge in [0.15, 0.2) is 11.6 Å². The van der Waals surface area contributed by atoms with E-state index in [1.807, 2.05) is 0 Å². The van der Waals surface area contributed by atoms with Gasteiger partial charge >= 0.3 is 0 Å². The quantitative estimate of drug-likeness (QED) is 0.642. The molecule has 0 bridgehead atoms.